The van der Waals surface area contributed by atoms with E-state index < -0.39 is 11.6 Å². The second kappa shape index (κ2) is 8.51. The van der Waals surface area contributed by atoms with Crippen LogP contribution in [0.5, 0.6) is 0 Å². The average molecular weight is 294 g/mol. The molecule has 0 atom stereocenters. The lowest BCUT2D eigenvalue weighted by atomic mass is 9.77. The molecule has 1 saturated carbocycles. The Hall–Kier alpha value is -0.920. The second-order valence-electron chi connectivity index (χ2n) is 6.56. The van der Waals surface area contributed by atoms with Crippen molar-refractivity contribution in [2.24, 2.45) is 5.92 Å². The topological polar surface area (TPSA) is 0 Å². The number of halogens is 2. The molecule has 0 aromatic heterocycles. The van der Waals surface area contributed by atoms with Crippen LogP contribution in [-0.4, -0.2) is 0 Å². The van der Waals surface area contributed by atoms with Crippen molar-refractivity contribution in [3.63, 3.8) is 0 Å². The zero-order valence-corrected chi connectivity index (χ0v) is 13.2. The maximum absolute atomic E-state index is 13.8. The van der Waals surface area contributed by atoms with Gasteiger partial charge in [-0.15, -0.1) is 0 Å². The summed E-state index contributed by atoms with van der Waals surface area (Å²) in [5.41, 5.74) is 0.594. The molecule has 2 heteroatoms. The van der Waals surface area contributed by atoms with Crippen molar-refractivity contribution in [2.45, 2.75) is 77.0 Å². The third-order valence-electron chi connectivity index (χ3n) is 4.98. The van der Waals surface area contributed by atoms with E-state index in [4.69, 9.17) is 0 Å². The summed E-state index contributed by atoms with van der Waals surface area (Å²) in [5, 5.41) is 0. The van der Waals surface area contributed by atoms with Crippen molar-refractivity contribution in [3.8, 4) is 0 Å². The summed E-state index contributed by atoms with van der Waals surface area (Å²) in [6.07, 6.45) is 12.4. The largest absolute Gasteiger partial charge is 0.204 e. The van der Waals surface area contributed by atoms with Crippen LogP contribution in [0.4, 0.5) is 8.78 Å². The molecule has 0 aliphatic heterocycles. The molecule has 0 saturated heterocycles. The predicted octanol–water partition coefficient (Wildman–Crippen LogP) is 6.60. The highest BCUT2D eigenvalue weighted by molar-refractivity contribution is 5.23. The van der Waals surface area contributed by atoms with Crippen LogP contribution in [0.1, 0.15) is 82.6 Å². The van der Waals surface area contributed by atoms with Crippen molar-refractivity contribution in [1.82, 2.24) is 0 Å². The Balaban J connectivity index is 1.74. The van der Waals surface area contributed by atoms with Gasteiger partial charge in [-0.3, -0.25) is 0 Å². The predicted molar refractivity (Wildman–Crippen MR) is 84.4 cm³/mol. The van der Waals surface area contributed by atoms with Gasteiger partial charge in [0, 0.05) is 0 Å². The van der Waals surface area contributed by atoms with Gasteiger partial charge >= 0.3 is 0 Å². The van der Waals surface area contributed by atoms with Gasteiger partial charge in [-0.05, 0) is 49.1 Å². The summed E-state index contributed by atoms with van der Waals surface area (Å²) >= 11 is 0. The normalized spacial score (nSPS) is 22.4. The van der Waals surface area contributed by atoms with E-state index in [1.807, 2.05) is 0 Å². The molecule has 0 heterocycles. The molecule has 118 valence electrons. The Morgan fingerprint density at radius 2 is 1.67 bits per heavy atom. The van der Waals surface area contributed by atoms with Gasteiger partial charge in [0.1, 0.15) is 0 Å². The van der Waals surface area contributed by atoms with Crippen LogP contribution in [0.15, 0.2) is 18.2 Å². The fourth-order valence-corrected chi connectivity index (χ4v) is 3.63. The van der Waals surface area contributed by atoms with E-state index in [-0.39, 0.29) is 5.92 Å². The number of hydrogen-bond acceptors (Lipinski definition) is 0. The Bertz CT molecular complexity index is 420. The standard InChI is InChI=1S/C19H28F2/c1-2-3-4-5-6-8-15-11-13-16(14-12-15)17-9-7-10-18(20)19(17)21/h7,9-10,15-16H,2-6,8,11-14H2,1H3/t15-,16-. The van der Waals surface area contributed by atoms with Crippen LogP contribution in [0, 0.1) is 17.6 Å². The maximum atomic E-state index is 13.8. The lowest BCUT2D eigenvalue weighted by molar-refractivity contribution is 0.297. The second-order valence-corrected chi connectivity index (χ2v) is 6.56. The average Bonchev–Trinajstić information content (AvgIpc) is 2.51. The van der Waals surface area contributed by atoms with Crippen LogP contribution in [0.25, 0.3) is 0 Å². The summed E-state index contributed by atoms with van der Waals surface area (Å²) in [6, 6.07) is 4.60. The summed E-state index contributed by atoms with van der Waals surface area (Å²) in [6.45, 7) is 2.24. The zero-order valence-electron chi connectivity index (χ0n) is 13.2. The van der Waals surface area contributed by atoms with Gasteiger partial charge < -0.3 is 0 Å². The number of rotatable bonds is 7. The van der Waals surface area contributed by atoms with E-state index >= 15 is 0 Å². The number of benzene rings is 1. The van der Waals surface area contributed by atoms with Crippen LogP contribution in [0.2, 0.25) is 0 Å². The Labute approximate surface area is 128 Å². The van der Waals surface area contributed by atoms with Crippen molar-refractivity contribution in [1.29, 1.82) is 0 Å². The van der Waals surface area contributed by atoms with E-state index in [2.05, 4.69) is 6.92 Å². The van der Waals surface area contributed by atoms with E-state index in [1.165, 1.54) is 57.4 Å². The third kappa shape index (κ3) is 4.79. The van der Waals surface area contributed by atoms with Crippen molar-refractivity contribution < 1.29 is 8.78 Å². The molecule has 0 spiro atoms. The van der Waals surface area contributed by atoms with Crippen LogP contribution >= 0.6 is 0 Å². The fraction of sp³-hybridized carbons (Fsp3) is 0.684. The van der Waals surface area contributed by atoms with Crippen molar-refractivity contribution in [2.75, 3.05) is 0 Å². The Kier molecular flexibility index (Phi) is 6.66. The molecule has 1 aliphatic carbocycles. The smallest absolute Gasteiger partial charge is 0.162 e. The number of unbranched alkanes of at least 4 members (excludes halogenated alkanes) is 4. The first kappa shape index (κ1) is 16.5. The van der Waals surface area contributed by atoms with E-state index in [0.717, 1.165) is 18.8 Å². The lowest BCUT2D eigenvalue weighted by Gasteiger charge is -2.29. The molecule has 0 unspecified atom stereocenters. The zero-order chi connectivity index (χ0) is 15.1. The molecule has 0 radical (unpaired) electrons. The van der Waals surface area contributed by atoms with Crippen LogP contribution in [-0.2, 0) is 0 Å². The SMILES string of the molecule is CCCCCCC[C@H]1CC[C@H](c2cccc(F)c2F)CC1. The summed E-state index contributed by atoms with van der Waals surface area (Å²) < 4.78 is 27.1. The highest BCUT2D eigenvalue weighted by Gasteiger charge is 2.24. The summed E-state index contributed by atoms with van der Waals surface area (Å²) in [4.78, 5) is 0. The van der Waals surface area contributed by atoms with Crippen molar-refractivity contribution in [3.05, 3.63) is 35.4 Å². The first-order valence-electron chi connectivity index (χ1n) is 8.66. The van der Waals surface area contributed by atoms with Crippen molar-refractivity contribution >= 4 is 0 Å². The molecular weight excluding hydrogens is 266 g/mol. The fourth-order valence-electron chi connectivity index (χ4n) is 3.63. The molecule has 0 bridgehead atoms. The minimum atomic E-state index is -0.703. The first-order chi connectivity index (χ1) is 10.2. The third-order valence-corrected chi connectivity index (χ3v) is 4.98. The quantitative estimate of drug-likeness (QED) is 0.497. The summed E-state index contributed by atoms with van der Waals surface area (Å²) in [7, 11) is 0. The molecule has 0 N–H and O–H groups in total. The van der Waals surface area contributed by atoms with Crippen LogP contribution in [0.3, 0.4) is 0 Å². The van der Waals surface area contributed by atoms with E-state index in [0.29, 0.717) is 5.56 Å². The molecular formula is C19H28F2. The Morgan fingerprint density at radius 1 is 0.952 bits per heavy atom. The summed E-state index contributed by atoms with van der Waals surface area (Å²) in [5.74, 6) is -0.303. The van der Waals surface area contributed by atoms with Gasteiger partial charge in [0.2, 0.25) is 0 Å². The highest BCUT2D eigenvalue weighted by Crippen LogP contribution is 2.38. The van der Waals surface area contributed by atoms with Gasteiger partial charge in [-0.25, -0.2) is 8.78 Å². The molecule has 0 nitrogen and oxygen atoms in total. The Morgan fingerprint density at radius 3 is 2.38 bits per heavy atom. The van der Waals surface area contributed by atoms with Gasteiger partial charge in [-0.1, -0.05) is 57.6 Å². The molecule has 1 aromatic rings. The van der Waals surface area contributed by atoms with E-state index in [9.17, 15) is 8.78 Å². The molecule has 1 aromatic carbocycles. The van der Waals surface area contributed by atoms with E-state index in [1.54, 1.807) is 12.1 Å². The highest BCUT2D eigenvalue weighted by atomic mass is 19.2. The monoisotopic (exact) mass is 294 g/mol. The molecule has 1 aliphatic rings. The van der Waals surface area contributed by atoms with Gasteiger partial charge in [-0.2, -0.15) is 0 Å². The van der Waals surface area contributed by atoms with Gasteiger partial charge in [0.15, 0.2) is 11.6 Å². The van der Waals surface area contributed by atoms with Gasteiger partial charge in [0.25, 0.3) is 0 Å². The van der Waals surface area contributed by atoms with Gasteiger partial charge in [0.05, 0.1) is 0 Å². The molecule has 2 rings (SSSR count). The lowest BCUT2D eigenvalue weighted by Crippen LogP contribution is -2.14. The molecule has 0 amide bonds. The van der Waals surface area contributed by atoms with Crippen LogP contribution < -0.4 is 0 Å². The minimum absolute atomic E-state index is 0.219. The first-order valence-corrected chi connectivity index (χ1v) is 8.66. The minimum Gasteiger partial charge on any atom is -0.204 e. The molecule has 1 fully saturated rings. The molecule has 21 heavy (non-hydrogen) atoms. The number of hydrogen-bond donors (Lipinski definition) is 0. The maximum Gasteiger partial charge on any atom is 0.162 e.